The first kappa shape index (κ1) is 13.1. The molecule has 3 nitrogen and oxygen atoms in total. The highest BCUT2D eigenvalue weighted by Gasteiger charge is 2.49. The third-order valence-corrected chi connectivity index (χ3v) is 4.16. The minimum absolute atomic E-state index is 0.159. The largest absolute Gasteiger partial charge is 0.383 e. The standard InChI is InChI=1S/C15H17F2N3/c1-15(2)7-10(15)13-12(14(18)20(3)19-13)9-5-4-8(16)6-11(9)17/h4-6,10H,7,18H2,1-3H3. The van der Waals surface area contributed by atoms with Crippen LogP contribution in [0.25, 0.3) is 11.1 Å². The molecule has 1 aromatic carbocycles. The minimum Gasteiger partial charge on any atom is -0.383 e. The average molecular weight is 277 g/mol. The zero-order valence-electron chi connectivity index (χ0n) is 11.7. The van der Waals surface area contributed by atoms with E-state index in [0.717, 1.165) is 18.2 Å². The second kappa shape index (κ2) is 4.04. The first-order valence-corrected chi connectivity index (χ1v) is 6.59. The lowest BCUT2D eigenvalue weighted by molar-refractivity contribution is 0.585. The molecule has 1 aliphatic rings. The second-order valence-corrected chi connectivity index (χ2v) is 6.14. The number of hydrogen-bond donors (Lipinski definition) is 1. The lowest BCUT2D eigenvalue weighted by Gasteiger charge is -2.07. The Morgan fingerprint density at radius 1 is 1.35 bits per heavy atom. The van der Waals surface area contributed by atoms with Gasteiger partial charge >= 0.3 is 0 Å². The molecule has 106 valence electrons. The molecule has 2 N–H and O–H groups in total. The number of hydrogen-bond acceptors (Lipinski definition) is 2. The summed E-state index contributed by atoms with van der Waals surface area (Å²) in [5, 5.41) is 4.44. The molecular weight excluding hydrogens is 260 g/mol. The Bertz CT molecular complexity index is 689. The maximum atomic E-state index is 14.0. The van der Waals surface area contributed by atoms with Crippen LogP contribution in [0, 0.1) is 17.0 Å². The Balaban J connectivity index is 2.18. The number of aromatic nitrogens is 2. The maximum absolute atomic E-state index is 14.0. The molecule has 0 radical (unpaired) electrons. The third kappa shape index (κ3) is 1.88. The maximum Gasteiger partial charge on any atom is 0.134 e. The Kier molecular flexibility index (Phi) is 2.64. The van der Waals surface area contributed by atoms with Gasteiger partial charge in [0, 0.05) is 24.6 Å². The SMILES string of the molecule is Cn1nc(C2CC2(C)C)c(-c2ccc(F)cc2F)c1N. The van der Waals surface area contributed by atoms with Crippen molar-refractivity contribution in [3.63, 3.8) is 0 Å². The van der Waals surface area contributed by atoms with Gasteiger partial charge < -0.3 is 5.73 Å². The van der Waals surface area contributed by atoms with Gasteiger partial charge in [-0.05, 0) is 24.0 Å². The highest BCUT2D eigenvalue weighted by atomic mass is 19.1. The monoisotopic (exact) mass is 277 g/mol. The summed E-state index contributed by atoms with van der Waals surface area (Å²) in [5.41, 5.74) is 7.91. The van der Waals surface area contributed by atoms with Crippen LogP contribution in [0.5, 0.6) is 0 Å². The molecule has 5 heteroatoms. The highest BCUT2D eigenvalue weighted by molar-refractivity contribution is 5.78. The van der Waals surface area contributed by atoms with Gasteiger partial charge in [-0.15, -0.1) is 0 Å². The van der Waals surface area contributed by atoms with Crippen molar-refractivity contribution < 1.29 is 8.78 Å². The molecule has 0 spiro atoms. The van der Waals surface area contributed by atoms with Crippen LogP contribution in [-0.2, 0) is 7.05 Å². The van der Waals surface area contributed by atoms with Crippen LogP contribution in [0.1, 0.15) is 31.9 Å². The van der Waals surface area contributed by atoms with E-state index < -0.39 is 11.6 Å². The van der Waals surface area contributed by atoms with E-state index in [4.69, 9.17) is 5.73 Å². The van der Waals surface area contributed by atoms with E-state index in [9.17, 15) is 8.78 Å². The summed E-state index contributed by atoms with van der Waals surface area (Å²) in [4.78, 5) is 0. The molecule has 0 saturated heterocycles. The van der Waals surface area contributed by atoms with Crippen molar-refractivity contribution in [1.29, 1.82) is 0 Å². The highest BCUT2D eigenvalue weighted by Crippen LogP contribution is 2.60. The minimum atomic E-state index is -0.607. The zero-order chi connectivity index (χ0) is 14.7. The van der Waals surface area contributed by atoms with E-state index in [2.05, 4.69) is 18.9 Å². The fourth-order valence-corrected chi connectivity index (χ4v) is 2.70. The molecule has 1 atom stereocenters. The van der Waals surface area contributed by atoms with Crippen molar-refractivity contribution in [3.8, 4) is 11.1 Å². The van der Waals surface area contributed by atoms with Gasteiger partial charge in [0.15, 0.2) is 0 Å². The van der Waals surface area contributed by atoms with Gasteiger partial charge in [-0.25, -0.2) is 8.78 Å². The molecule has 0 amide bonds. The van der Waals surface area contributed by atoms with Gasteiger partial charge in [-0.1, -0.05) is 13.8 Å². The van der Waals surface area contributed by atoms with E-state index in [1.165, 1.54) is 12.1 Å². The lowest BCUT2D eigenvalue weighted by Crippen LogP contribution is -1.98. The molecule has 1 unspecified atom stereocenters. The van der Waals surface area contributed by atoms with E-state index in [0.29, 0.717) is 16.9 Å². The smallest absolute Gasteiger partial charge is 0.134 e. The Morgan fingerprint density at radius 2 is 2.00 bits per heavy atom. The second-order valence-electron chi connectivity index (χ2n) is 6.14. The van der Waals surface area contributed by atoms with Gasteiger partial charge in [0.1, 0.15) is 17.5 Å². The number of benzene rings is 1. The van der Waals surface area contributed by atoms with Crippen molar-refractivity contribution in [3.05, 3.63) is 35.5 Å². The van der Waals surface area contributed by atoms with E-state index in [1.807, 2.05) is 0 Å². The molecule has 20 heavy (non-hydrogen) atoms. The van der Waals surface area contributed by atoms with Crippen LogP contribution in [0.15, 0.2) is 18.2 Å². The summed E-state index contributed by atoms with van der Waals surface area (Å²) < 4.78 is 28.7. The third-order valence-electron chi connectivity index (χ3n) is 4.16. The molecule has 1 aliphatic carbocycles. The summed E-state index contributed by atoms with van der Waals surface area (Å²) in [7, 11) is 1.74. The van der Waals surface area contributed by atoms with Gasteiger partial charge in [0.25, 0.3) is 0 Å². The Labute approximate surface area is 116 Å². The number of nitrogens with zero attached hydrogens (tertiary/aromatic N) is 2. The molecule has 3 rings (SSSR count). The van der Waals surface area contributed by atoms with Crippen LogP contribution in [-0.4, -0.2) is 9.78 Å². The summed E-state index contributed by atoms with van der Waals surface area (Å²) in [6, 6.07) is 3.55. The number of anilines is 1. The molecule has 2 aromatic rings. The molecular formula is C15H17F2N3. The average Bonchev–Trinajstić information content (AvgIpc) is 2.88. The van der Waals surface area contributed by atoms with E-state index in [1.54, 1.807) is 11.7 Å². The summed E-state index contributed by atoms with van der Waals surface area (Å²) in [5.74, 6) is -0.523. The predicted molar refractivity (Wildman–Crippen MR) is 74.1 cm³/mol. The number of rotatable bonds is 2. The van der Waals surface area contributed by atoms with Crippen molar-refractivity contribution >= 4 is 5.82 Å². The quantitative estimate of drug-likeness (QED) is 0.913. The molecule has 1 heterocycles. The molecule has 1 saturated carbocycles. The predicted octanol–water partition coefficient (Wildman–Crippen LogP) is 3.46. The lowest BCUT2D eigenvalue weighted by atomic mass is 9.99. The van der Waals surface area contributed by atoms with Gasteiger partial charge in [0.05, 0.1) is 11.3 Å². The molecule has 0 bridgehead atoms. The van der Waals surface area contributed by atoms with Crippen LogP contribution >= 0.6 is 0 Å². The van der Waals surface area contributed by atoms with Crippen molar-refractivity contribution in [2.75, 3.05) is 5.73 Å². The first-order valence-electron chi connectivity index (χ1n) is 6.59. The molecule has 0 aliphatic heterocycles. The number of aryl methyl sites for hydroxylation is 1. The van der Waals surface area contributed by atoms with Gasteiger partial charge in [-0.2, -0.15) is 5.10 Å². The van der Waals surface area contributed by atoms with Crippen LogP contribution in [0.4, 0.5) is 14.6 Å². The van der Waals surface area contributed by atoms with Crippen molar-refractivity contribution in [1.82, 2.24) is 9.78 Å². The first-order chi connectivity index (χ1) is 9.31. The number of nitrogen functional groups attached to an aromatic ring is 1. The Morgan fingerprint density at radius 3 is 2.55 bits per heavy atom. The summed E-state index contributed by atoms with van der Waals surface area (Å²) in [6.07, 6.45) is 0.999. The van der Waals surface area contributed by atoms with Gasteiger partial charge in [0.2, 0.25) is 0 Å². The van der Waals surface area contributed by atoms with Crippen LogP contribution < -0.4 is 5.73 Å². The fourth-order valence-electron chi connectivity index (χ4n) is 2.70. The number of nitrogens with two attached hydrogens (primary N) is 1. The van der Waals surface area contributed by atoms with Gasteiger partial charge in [-0.3, -0.25) is 4.68 Å². The van der Waals surface area contributed by atoms with Crippen molar-refractivity contribution in [2.45, 2.75) is 26.2 Å². The number of halogens is 2. The van der Waals surface area contributed by atoms with E-state index >= 15 is 0 Å². The summed E-state index contributed by atoms with van der Waals surface area (Å²) >= 11 is 0. The molecule has 1 fully saturated rings. The van der Waals surface area contributed by atoms with Crippen LogP contribution in [0.2, 0.25) is 0 Å². The topological polar surface area (TPSA) is 43.8 Å². The Hall–Kier alpha value is -1.91. The molecule has 1 aromatic heterocycles. The fraction of sp³-hybridized carbons (Fsp3) is 0.400. The zero-order valence-corrected chi connectivity index (χ0v) is 11.7. The van der Waals surface area contributed by atoms with Crippen LogP contribution in [0.3, 0.4) is 0 Å². The van der Waals surface area contributed by atoms with E-state index in [-0.39, 0.29) is 11.3 Å². The summed E-state index contributed by atoms with van der Waals surface area (Å²) in [6.45, 7) is 4.29. The normalized spacial score (nSPS) is 20.1. The van der Waals surface area contributed by atoms with Crippen molar-refractivity contribution in [2.24, 2.45) is 12.5 Å².